The third kappa shape index (κ3) is 9.23. The summed E-state index contributed by atoms with van der Waals surface area (Å²) < 4.78 is 37.6. The first kappa shape index (κ1) is 34.9. The van der Waals surface area contributed by atoms with Crippen molar-refractivity contribution in [2.45, 2.75) is 123 Å². The van der Waals surface area contributed by atoms with E-state index in [0.29, 0.717) is 25.6 Å². The van der Waals surface area contributed by atoms with Gasteiger partial charge in [-0.1, -0.05) is 58.4 Å². The van der Waals surface area contributed by atoms with E-state index in [1.54, 1.807) is 7.11 Å². The van der Waals surface area contributed by atoms with E-state index in [1.165, 1.54) is 5.57 Å². The molecular formula is C34H56O7Si. The van der Waals surface area contributed by atoms with E-state index in [-0.39, 0.29) is 29.1 Å². The van der Waals surface area contributed by atoms with Crippen molar-refractivity contribution in [2.75, 3.05) is 20.3 Å². The van der Waals surface area contributed by atoms with E-state index in [2.05, 4.69) is 53.8 Å². The molecule has 3 rings (SSSR count). The van der Waals surface area contributed by atoms with Gasteiger partial charge in [0.15, 0.2) is 19.9 Å². The van der Waals surface area contributed by atoms with Gasteiger partial charge in [0, 0.05) is 24.9 Å². The highest BCUT2D eigenvalue weighted by Crippen LogP contribution is 2.47. The average molecular weight is 605 g/mol. The molecule has 8 heteroatoms. The first-order valence-corrected chi connectivity index (χ1v) is 18.4. The summed E-state index contributed by atoms with van der Waals surface area (Å²) in [5.74, 6) is -0.911. The largest absolute Gasteiger partial charge is 0.497 e. The molecule has 0 amide bonds. The van der Waals surface area contributed by atoms with Gasteiger partial charge < -0.3 is 32.9 Å². The van der Waals surface area contributed by atoms with Crippen LogP contribution in [-0.4, -0.2) is 58.7 Å². The van der Waals surface area contributed by atoms with Gasteiger partial charge in [0.2, 0.25) is 0 Å². The highest BCUT2D eigenvalue weighted by atomic mass is 28.4. The molecule has 238 valence electrons. The Bertz CT molecular complexity index is 1040. The molecule has 2 saturated heterocycles. The van der Waals surface area contributed by atoms with Gasteiger partial charge in [0.25, 0.3) is 0 Å². The summed E-state index contributed by atoms with van der Waals surface area (Å²) in [5.41, 5.74) is 2.36. The lowest BCUT2D eigenvalue weighted by Crippen LogP contribution is -2.61. The lowest BCUT2D eigenvalue weighted by Gasteiger charge is -2.54. The zero-order chi connectivity index (χ0) is 31.3. The minimum Gasteiger partial charge on any atom is -0.497 e. The van der Waals surface area contributed by atoms with Crippen LogP contribution in [0, 0.1) is 17.8 Å². The molecule has 0 unspecified atom stereocenters. The van der Waals surface area contributed by atoms with Crippen LogP contribution in [0.2, 0.25) is 18.1 Å². The van der Waals surface area contributed by atoms with Crippen LogP contribution < -0.4 is 4.74 Å². The molecule has 0 saturated carbocycles. The van der Waals surface area contributed by atoms with Crippen LogP contribution >= 0.6 is 0 Å². The fraction of sp³-hybridized carbons (Fsp3) is 0.735. The number of methoxy groups -OCH3 is 1. The van der Waals surface area contributed by atoms with E-state index in [9.17, 15) is 4.79 Å². The van der Waals surface area contributed by atoms with Crippen LogP contribution in [0.4, 0.5) is 0 Å². The Labute approximate surface area is 255 Å². The van der Waals surface area contributed by atoms with Crippen LogP contribution in [0.5, 0.6) is 5.75 Å². The molecule has 1 aromatic rings. The normalized spacial score (nSPS) is 28.4. The molecule has 2 aliphatic heterocycles. The number of hydrogen-bond donors (Lipinski definition) is 0. The Morgan fingerprint density at radius 1 is 1.17 bits per heavy atom. The zero-order valence-corrected chi connectivity index (χ0v) is 29.0. The Kier molecular flexibility index (Phi) is 11.7. The number of ether oxygens (including phenoxy) is 5. The number of carbonyl (C=O) groups excluding carboxylic acids is 1. The van der Waals surface area contributed by atoms with Gasteiger partial charge in [0.1, 0.15) is 12.0 Å². The molecule has 42 heavy (non-hydrogen) atoms. The first-order chi connectivity index (χ1) is 19.5. The quantitative estimate of drug-likeness (QED) is 0.138. The second-order valence-corrected chi connectivity index (χ2v) is 19.3. The average Bonchev–Trinajstić information content (AvgIpc) is 2.90. The summed E-state index contributed by atoms with van der Waals surface area (Å²) in [7, 11) is -0.143. The summed E-state index contributed by atoms with van der Waals surface area (Å²) >= 11 is 0. The summed E-state index contributed by atoms with van der Waals surface area (Å²) in [5, 5.41) is 0.187. The van der Waals surface area contributed by atoms with Gasteiger partial charge in [-0.2, -0.15) is 0 Å². The molecule has 1 aromatic carbocycles. The highest BCUT2D eigenvalue weighted by Gasteiger charge is 2.54. The number of rotatable bonds is 12. The molecule has 2 fully saturated rings. The molecule has 7 nitrogen and oxygen atoms in total. The molecule has 0 aromatic heterocycles. The van der Waals surface area contributed by atoms with Crippen LogP contribution in [0.3, 0.4) is 0 Å². The van der Waals surface area contributed by atoms with E-state index >= 15 is 0 Å². The Morgan fingerprint density at radius 3 is 2.43 bits per heavy atom. The molecule has 2 aliphatic rings. The van der Waals surface area contributed by atoms with Crippen LogP contribution in [0.1, 0.15) is 80.2 Å². The van der Waals surface area contributed by atoms with Crippen LogP contribution in [0.15, 0.2) is 35.9 Å². The SMILES string of the molecule is COc1ccc(CO[C@H]2CO[C@@]3(C[C@@H]([C@@H](C)C=O)OC(C)(C)O3)[C@@H](/C=C(\C)C[C@H](C)CO[Si](C)(C)C(C)(C)C)C2)cc1. The molecule has 0 N–H and O–H groups in total. The number of aldehydes is 1. The number of carbonyl (C=O) groups is 1. The Hall–Kier alpha value is -1.55. The monoisotopic (exact) mass is 604 g/mol. The van der Waals surface area contributed by atoms with Crippen molar-refractivity contribution in [1.82, 2.24) is 0 Å². The van der Waals surface area contributed by atoms with Gasteiger partial charge in [-0.25, -0.2) is 0 Å². The second-order valence-electron chi connectivity index (χ2n) is 14.5. The van der Waals surface area contributed by atoms with E-state index < -0.39 is 19.9 Å². The predicted octanol–water partition coefficient (Wildman–Crippen LogP) is 7.68. The Balaban J connectivity index is 1.79. The van der Waals surface area contributed by atoms with E-state index in [0.717, 1.165) is 37.0 Å². The fourth-order valence-corrected chi connectivity index (χ4v) is 6.70. The van der Waals surface area contributed by atoms with Gasteiger partial charge in [0.05, 0.1) is 32.5 Å². The summed E-state index contributed by atoms with van der Waals surface area (Å²) in [4.78, 5) is 11.8. The smallest absolute Gasteiger partial charge is 0.191 e. The van der Waals surface area contributed by atoms with Crippen LogP contribution in [0.25, 0.3) is 0 Å². The third-order valence-corrected chi connectivity index (χ3v) is 13.6. The number of hydrogen-bond acceptors (Lipinski definition) is 7. The maximum absolute atomic E-state index is 11.8. The first-order valence-electron chi connectivity index (χ1n) is 15.5. The summed E-state index contributed by atoms with van der Waals surface area (Å²) in [6, 6.07) is 7.94. The van der Waals surface area contributed by atoms with Crippen molar-refractivity contribution >= 4 is 14.6 Å². The molecule has 0 aliphatic carbocycles. The molecule has 2 heterocycles. The predicted molar refractivity (Wildman–Crippen MR) is 169 cm³/mol. The van der Waals surface area contributed by atoms with E-state index in [4.69, 9.17) is 28.1 Å². The van der Waals surface area contributed by atoms with Gasteiger partial charge in [-0.05, 0) is 75.4 Å². The maximum atomic E-state index is 11.8. The Morgan fingerprint density at radius 2 is 1.83 bits per heavy atom. The summed E-state index contributed by atoms with van der Waals surface area (Å²) in [6.07, 6.45) is 5.05. The lowest BCUT2D eigenvalue weighted by molar-refractivity contribution is -0.426. The third-order valence-electron chi connectivity index (χ3n) is 9.07. The van der Waals surface area contributed by atoms with Crippen molar-refractivity contribution in [2.24, 2.45) is 17.8 Å². The minimum atomic E-state index is -1.81. The summed E-state index contributed by atoms with van der Waals surface area (Å²) in [6.45, 7) is 23.2. The van der Waals surface area contributed by atoms with Crippen molar-refractivity contribution in [3.63, 3.8) is 0 Å². The lowest BCUT2D eigenvalue weighted by atomic mass is 9.81. The van der Waals surface area contributed by atoms with Crippen molar-refractivity contribution in [1.29, 1.82) is 0 Å². The van der Waals surface area contributed by atoms with Crippen LogP contribution in [-0.2, 0) is 34.8 Å². The van der Waals surface area contributed by atoms with Crippen molar-refractivity contribution in [3.8, 4) is 5.75 Å². The maximum Gasteiger partial charge on any atom is 0.191 e. The molecule has 0 bridgehead atoms. The number of benzene rings is 1. The van der Waals surface area contributed by atoms with Gasteiger partial charge >= 0.3 is 0 Å². The zero-order valence-electron chi connectivity index (χ0n) is 28.0. The standard InChI is InChI=1S/C34H56O7Si/c1-24(16-25(2)21-39-42(10,11)32(4,5)6)17-28-18-30(37-22-27-12-14-29(36-9)15-13-27)23-38-34(28)19-31(26(3)20-35)40-33(7,8)41-34/h12-15,17,20,25-26,28,30-31H,16,18-19,21-23H2,1-11H3/b24-17+/t25-,26-,28-,30+,31-,34+/m0/s1. The minimum absolute atomic E-state index is 0.0647. The molecule has 0 radical (unpaired) electrons. The number of allylic oxidation sites excluding steroid dienone is 1. The topological polar surface area (TPSA) is 72.5 Å². The second kappa shape index (κ2) is 14.0. The van der Waals surface area contributed by atoms with Crippen molar-refractivity contribution in [3.05, 3.63) is 41.5 Å². The molecular weight excluding hydrogens is 548 g/mol. The highest BCUT2D eigenvalue weighted by molar-refractivity contribution is 6.74. The molecule has 6 atom stereocenters. The van der Waals surface area contributed by atoms with Crippen molar-refractivity contribution < 1.29 is 32.9 Å². The molecule has 1 spiro atoms. The van der Waals surface area contributed by atoms with E-state index in [1.807, 2.05) is 45.0 Å². The van der Waals surface area contributed by atoms with Gasteiger partial charge in [-0.3, -0.25) is 0 Å². The van der Waals surface area contributed by atoms with Gasteiger partial charge in [-0.15, -0.1) is 0 Å². The fourth-order valence-electron chi connectivity index (χ4n) is 5.57.